The van der Waals surface area contributed by atoms with Crippen LogP contribution in [0.3, 0.4) is 0 Å². The molecule has 0 saturated carbocycles. The van der Waals surface area contributed by atoms with E-state index in [0.717, 1.165) is 49.1 Å². The minimum atomic E-state index is -0.359. The van der Waals surface area contributed by atoms with E-state index in [9.17, 15) is 9.90 Å². The van der Waals surface area contributed by atoms with Gasteiger partial charge in [0.25, 0.3) is 0 Å². The summed E-state index contributed by atoms with van der Waals surface area (Å²) in [7, 11) is 0. The summed E-state index contributed by atoms with van der Waals surface area (Å²) in [6.45, 7) is 12.3. The van der Waals surface area contributed by atoms with Crippen LogP contribution in [0, 0.1) is 12.8 Å². The van der Waals surface area contributed by atoms with Crippen LogP contribution >= 0.6 is 0 Å². The van der Waals surface area contributed by atoms with Crippen molar-refractivity contribution < 1.29 is 24.1 Å². The van der Waals surface area contributed by atoms with E-state index in [-0.39, 0.29) is 31.9 Å². The van der Waals surface area contributed by atoms with Crippen LogP contribution in [-0.4, -0.2) is 30.6 Å². The van der Waals surface area contributed by atoms with Crippen molar-refractivity contribution >= 4 is 5.97 Å². The van der Waals surface area contributed by atoms with Crippen molar-refractivity contribution in [3.05, 3.63) is 41.8 Å². The lowest BCUT2D eigenvalue weighted by molar-refractivity contribution is -0.160. The fourth-order valence-corrected chi connectivity index (χ4v) is 6.12. The summed E-state index contributed by atoms with van der Waals surface area (Å²) < 4.78 is 17.9. The Balaban J connectivity index is 2.59. The molecule has 0 amide bonds. The lowest BCUT2D eigenvalue weighted by Gasteiger charge is -2.19. The molecule has 0 spiro atoms. The number of hydrogen-bond donors (Lipinski definition) is 1. The molecular formula is C41H73O5. The summed E-state index contributed by atoms with van der Waals surface area (Å²) >= 11 is 0. The molecule has 0 aromatic heterocycles. The smallest absolute Gasteiger partial charge is 0.306 e. The first kappa shape index (κ1) is 42.6. The van der Waals surface area contributed by atoms with Crippen LogP contribution < -0.4 is 0 Å². The molecule has 0 aliphatic rings. The monoisotopic (exact) mass is 646 g/mol. The van der Waals surface area contributed by atoms with Gasteiger partial charge in [-0.2, -0.15) is 0 Å². The zero-order valence-corrected chi connectivity index (χ0v) is 30.5. The van der Waals surface area contributed by atoms with Crippen LogP contribution in [0.25, 0.3) is 0 Å². The Morgan fingerprint density at radius 3 is 1.80 bits per heavy atom. The van der Waals surface area contributed by atoms with Crippen LogP contribution in [0.15, 0.2) is 18.2 Å². The zero-order chi connectivity index (χ0) is 33.5. The maximum atomic E-state index is 12.8. The SMILES string of the molecule is [CH2]CCCCCC(CCCC)CCc1cc(CO)cc(COC(=O)CCC(OCCCCCCCC)OCCCCCCCC)c1. The second-order valence-corrected chi connectivity index (χ2v) is 13.5. The number of unbranched alkanes of at least 4 members (excludes halogenated alkanes) is 14. The summed E-state index contributed by atoms with van der Waals surface area (Å²) in [4.78, 5) is 12.8. The van der Waals surface area contributed by atoms with Gasteiger partial charge in [-0.1, -0.05) is 161 Å². The number of carbonyl (C=O) groups excluding carboxylic acids is 1. The van der Waals surface area contributed by atoms with E-state index < -0.39 is 0 Å². The van der Waals surface area contributed by atoms with Crippen molar-refractivity contribution in [1.29, 1.82) is 0 Å². The van der Waals surface area contributed by atoms with Gasteiger partial charge in [-0.25, -0.2) is 0 Å². The highest BCUT2D eigenvalue weighted by molar-refractivity contribution is 5.69. The quantitative estimate of drug-likeness (QED) is 0.0468. The highest BCUT2D eigenvalue weighted by atomic mass is 16.7. The Kier molecular flexibility index (Phi) is 28.6. The van der Waals surface area contributed by atoms with Crippen molar-refractivity contribution in [2.24, 2.45) is 5.92 Å². The molecule has 1 unspecified atom stereocenters. The molecule has 46 heavy (non-hydrogen) atoms. The highest BCUT2D eigenvalue weighted by Gasteiger charge is 2.15. The molecular weight excluding hydrogens is 572 g/mol. The van der Waals surface area contributed by atoms with Gasteiger partial charge in [0.05, 0.1) is 13.0 Å². The predicted octanol–water partition coefficient (Wildman–Crippen LogP) is 11.6. The van der Waals surface area contributed by atoms with E-state index in [2.05, 4.69) is 39.8 Å². The standard InChI is InChI=1S/C41H73O5/c1-5-9-13-16-18-21-29-44-41(45-30-22-19-17-14-10-6-2)28-27-40(43)46-35-39-32-37(31-38(33-39)34-42)26-25-36(23-12-8-4)24-20-15-11-7-3/h31-33,36,41-42H,3,5-30,34-35H2,1-2,4H3. The van der Waals surface area contributed by atoms with Crippen molar-refractivity contribution in [3.63, 3.8) is 0 Å². The number of aliphatic hydroxyl groups is 1. The third-order valence-corrected chi connectivity index (χ3v) is 9.05. The Hall–Kier alpha value is -1.43. The predicted molar refractivity (Wildman–Crippen MR) is 194 cm³/mol. The normalized spacial score (nSPS) is 12.2. The summed E-state index contributed by atoms with van der Waals surface area (Å²) in [6.07, 6.45) is 27.1. The number of benzene rings is 1. The molecule has 0 aliphatic carbocycles. The number of carbonyl (C=O) groups is 1. The fourth-order valence-electron chi connectivity index (χ4n) is 6.12. The molecule has 0 saturated heterocycles. The van der Waals surface area contributed by atoms with Gasteiger partial charge in [-0.3, -0.25) is 4.79 Å². The Bertz CT molecular complexity index is 807. The van der Waals surface area contributed by atoms with Gasteiger partial charge in [-0.15, -0.1) is 0 Å². The van der Waals surface area contributed by atoms with Gasteiger partial charge >= 0.3 is 5.97 Å². The van der Waals surface area contributed by atoms with Gasteiger partial charge in [0, 0.05) is 19.6 Å². The molecule has 5 nitrogen and oxygen atoms in total. The molecule has 1 radical (unpaired) electrons. The van der Waals surface area contributed by atoms with Crippen molar-refractivity contribution in [2.45, 2.75) is 194 Å². The Morgan fingerprint density at radius 1 is 0.652 bits per heavy atom. The van der Waals surface area contributed by atoms with Gasteiger partial charge in [0.1, 0.15) is 6.61 Å². The molecule has 0 bridgehead atoms. The van der Waals surface area contributed by atoms with E-state index in [4.69, 9.17) is 14.2 Å². The first-order valence-electron chi connectivity index (χ1n) is 19.5. The Labute approximate surface area is 285 Å². The van der Waals surface area contributed by atoms with E-state index in [1.807, 2.05) is 6.07 Å². The minimum absolute atomic E-state index is 0.00727. The van der Waals surface area contributed by atoms with Gasteiger partial charge < -0.3 is 19.3 Å². The van der Waals surface area contributed by atoms with E-state index in [0.29, 0.717) is 19.6 Å². The van der Waals surface area contributed by atoms with E-state index in [1.54, 1.807) is 0 Å². The lowest BCUT2D eigenvalue weighted by atomic mass is 9.89. The number of esters is 1. The maximum absolute atomic E-state index is 12.8. The summed E-state index contributed by atoms with van der Waals surface area (Å²) in [5.41, 5.74) is 3.06. The molecule has 0 heterocycles. The highest BCUT2D eigenvalue weighted by Crippen LogP contribution is 2.24. The lowest BCUT2D eigenvalue weighted by Crippen LogP contribution is -2.21. The molecule has 1 atom stereocenters. The second kappa shape index (κ2) is 30.9. The molecule has 1 rings (SSSR count). The first-order chi connectivity index (χ1) is 22.6. The minimum Gasteiger partial charge on any atom is -0.461 e. The van der Waals surface area contributed by atoms with E-state index in [1.165, 1.54) is 115 Å². The second-order valence-electron chi connectivity index (χ2n) is 13.5. The van der Waals surface area contributed by atoms with Crippen LogP contribution in [0.1, 0.15) is 185 Å². The molecule has 1 N–H and O–H groups in total. The number of rotatable bonds is 33. The molecule has 0 aliphatic heterocycles. The van der Waals surface area contributed by atoms with Crippen molar-refractivity contribution in [2.75, 3.05) is 13.2 Å². The number of ether oxygens (including phenoxy) is 3. The number of aliphatic hydroxyl groups excluding tert-OH is 1. The number of aryl methyl sites for hydroxylation is 1. The van der Waals surface area contributed by atoms with Crippen LogP contribution in [0.4, 0.5) is 0 Å². The molecule has 1 aromatic rings. The molecule has 5 heteroatoms. The van der Waals surface area contributed by atoms with Crippen molar-refractivity contribution in [3.8, 4) is 0 Å². The average Bonchev–Trinajstić information content (AvgIpc) is 3.07. The van der Waals surface area contributed by atoms with E-state index >= 15 is 0 Å². The van der Waals surface area contributed by atoms with Crippen LogP contribution in [0.2, 0.25) is 0 Å². The molecule has 0 fully saturated rings. The molecule has 267 valence electrons. The largest absolute Gasteiger partial charge is 0.461 e. The van der Waals surface area contributed by atoms with Gasteiger partial charge in [0.2, 0.25) is 0 Å². The topological polar surface area (TPSA) is 65.0 Å². The number of hydrogen-bond acceptors (Lipinski definition) is 5. The van der Waals surface area contributed by atoms with Crippen LogP contribution in [-0.2, 0) is 38.6 Å². The van der Waals surface area contributed by atoms with Crippen LogP contribution in [0.5, 0.6) is 0 Å². The third kappa shape index (κ3) is 23.8. The molecule has 1 aromatic carbocycles. The van der Waals surface area contributed by atoms with Gasteiger partial charge in [0.15, 0.2) is 6.29 Å². The average molecular weight is 646 g/mol. The zero-order valence-electron chi connectivity index (χ0n) is 30.5. The summed E-state index contributed by atoms with van der Waals surface area (Å²) in [6, 6.07) is 6.22. The van der Waals surface area contributed by atoms with Crippen molar-refractivity contribution in [1.82, 2.24) is 0 Å². The maximum Gasteiger partial charge on any atom is 0.306 e. The summed E-state index contributed by atoms with van der Waals surface area (Å²) in [5, 5.41) is 9.91. The van der Waals surface area contributed by atoms with Gasteiger partial charge in [-0.05, 0) is 48.3 Å². The fraction of sp³-hybridized carbons (Fsp3) is 0.805. The third-order valence-electron chi connectivity index (χ3n) is 9.05. The summed E-state index contributed by atoms with van der Waals surface area (Å²) in [5.74, 6) is 0.512. The Morgan fingerprint density at radius 2 is 1.20 bits per heavy atom. The first-order valence-corrected chi connectivity index (χ1v) is 19.5.